The predicted octanol–water partition coefficient (Wildman–Crippen LogP) is 4.01. The molecular formula is C13H18F3N. The third kappa shape index (κ3) is 3.46. The van der Waals surface area contributed by atoms with Crippen LogP contribution in [0.1, 0.15) is 37.9 Å². The van der Waals surface area contributed by atoms with Crippen molar-refractivity contribution in [2.75, 3.05) is 7.05 Å². The van der Waals surface area contributed by atoms with Gasteiger partial charge in [-0.05, 0) is 30.2 Å². The Balaban J connectivity index is 3.02. The van der Waals surface area contributed by atoms with Crippen LogP contribution in [-0.2, 0) is 6.18 Å². The molecule has 0 heterocycles. The van der Waals surface area contributed by atoms with Crippen LogP contribution in [0.4, 0.5) is 13.2 Å². The van der Waals surface area contributed by atoms with E-state index in [0.717, 1.165) is 17.7 Å². The lowest BCUT2D eigenvalue weighted by Crippen LogP contribution is -2.29. The quantitative estimate of drug-likeness (QED) is 0.830. The van der Waals surface area contributed by atoms with Gasteiger partial charge in [0, 0.05) is 6.04 Å². The highest BCUT2D eigenvalue weighted by atomic mass is 19.4. The van der Waals surface area contributed by atoms with Gasteiger partial charge in [-0.25, -0.2) is 0 Å². The molecule has 17 heavy (non-hydrogen) atoms. The summed E-state index contributed by atoms with van der Waals surface area (Å²) in [4.78, 5) is 0. The van der Waals surface area contributed by atoms with E-state index in [1.165, 1.54) is 12.1 Å². The van der Waals surface area contributed by atoms with Crippen molar-refractivity contribution in [3.05, 3.63) is 35.4 Å². The largest absolute Gasteiger partial charge is 0.416 e. The number of nitrogens with one attached hydrogen (secondary N) is 1. The van der Waals surface area contributed by atoms with Gasteiger partial charge in [-0.1, -0.05) is 32.9 Å². The number of rotatable bonds is 2. The van der Waals surface area contributed by atoms with E-state index in [0.29, 0.717) is 0 Å². The van der Waals surface area contributed by atoms with E-state index in [1.807, 2.05) is 27.8 Å². The Labute approximate surface area is 100 Å². The van der Waals surface area contributed by atoms with Crippen molar-refractivity contribution >= 4 is 0 Å². The Bertz CT molecular complexity index is 360. The minimum Gasteiger partial charge on any atom is -0.313 e. The number of hydrogen-bond acceptors (Lipinski definition) is 1. The molecule has 0 aliphatic heterocycles. The Morgan fingerprint density at radius 1 is 1.00 bits per heavy atom. The molecule has 1 nitrogen and oxygen atoms in total. The van der Waals surface area contributed by atoms with Gasteiger partial charge in [0.15, 0.2) is 0 Å². The minimum atomic E-state index is -4.27. The van der Waals surface area contributed by atoms with Crippen LogP contribution < -0.4 is 5.32 Å². The van der Waals surface area contributed by atoms with Gasteiger partial charge >= 0.3 is 6.18 Å². The van der Waals surface area contributed by atoms with Crippen molar-refractivity contribution in [2.45, 2.75) is 33.0 Å². The van der Waals surface area contributed by atoms with Gasteiger partial charge in [-0.3, -0.25) is 0 Å². The van der Waals surface area contributed by atoms with Gasteiger partial charge in [-0.2, -0.15) is 13.2 Å². The first-order valence-corrected chi connectivity index (χ1v) is 5.50. The zero-order chi connectivity index (χ0) is 13.3. The molecule has 1 aromatic rings. The smallest absolute Gasteiger partial charge is 0.313 e. The zero-order valence-corrected chi connectivity index (χ0v) is 10.5. The molecule has 0 aliphatic carbocycles. The van der Waals surface area contributed by atoms with Crippen LogP contribution in [0, 0.1) is 5.41 Å². The summed E-state index contributed by atoms with van der Waals surface area (Å²) in [5.74, 6) is 0. The summed E-state index contributed by atoms with van der Waals surface area (Å²) in [7, 11) is 1.81. The first kappa shape index (κ1) is 14.0. The molecule has 0 amide bonds. The Kier molecular flexibility index (Phi) is 3.87. The van der Waals surface area contributed by atoms with Crippen LogP contribution in [0.5, 0.6) is 0 Å². The summed E-state index contributed by atoms with van der Waals surface area (Å²) in [5.41, 5.74) is 0.215. The van der Waals surface area contributed by atoms with Crippen LogP contribution in [0.15, 0.2) is 24.3 Å². The summed E-state index contributed by atoms with van der Waals surface area (Å²) < 4.78 is 37.3. The molecule has 0 spiro atoms. The standard InChI is InChI=1S/C13H18F3N/c1-12(2,3)11(17-4)9-5-7-10(8-6-9)13(14,15)16/h5-8,11,17H,1-4H3. The van der Waals surface area contributed by atoms with E-state index < -0.39 is 11.7 Å². The fraction of sp³-hybridized carbons (Fsp3) is 0.538. The second-order valence-electron chi connectivity index (χ2n) is 5.21. The minimum absolute atomic E-state index is 0.0322. The van der Waals surface area contributed by atoms with Crippen LogP contribution >= 0.6 is 0 Å². The maximum Gasteiger partial charge on any atom is 0.416 e. The first-order valence-electron chi connectivity index (χ1n) is 5.50. The topological polar surface area (TPSA) is 12.0 Å². The van der Waals surface area contributed by atoms with Crippen molar-refractivity contribution in [3.63, 3.8) is 0 Å². The van der Waals surface area contributed by atoms with Gasteiger partial charge in [0.25, 0.3) is 0 Å². The third-order valence-corrected chi connectivity index (χ3v) is 2.73. The third-order valence-electron chi connectivity index (χ3n) is 2.73. The van der Waals surface area contributed by atoms with Crippen molar-refractivity contribution < 1.29 is 13.2 Å². The number of alkyl halides is 3. The second kappa shape index (κ2) is 4.69. The molecular weight excluding hydrogens is 227 g/mol. The molecule has 1 unspecified atom stereocenters. The molecule has 4 heteroatoms. The molecule has 0 saturated carbocycles. The Morgan fingerprint density at radius 2 is 1.47 bits per heavy atom. The van der Waals surface area contributed by atoms with E-state index in [4.69, 9.17) is 0 Å². The Hall–Kier alpha value is -1.03. The molecule has 0 saturated heterocycles. The number of hydrogen-bond donors (Lipinski definition) is 1. The Morgan fingerprint density at radius 3 is 1.76 bits per heavy atom. The first-order chi connectivity index (χ1) is 7.66. The number of benzene rings is 1. The molecule has 0 radical (unpaired) electrons. The predicted molar refractivity (Wildman–Crippen MR) is 62.7 cm³/mol. The lowest BCUT2D eigenvalue weighted by Gasteiger charge is -2.31. The molecule has 0 aromatic heterocycles. The van der Waals surface area contributed by atoms with E-state index in [9.17, 15) is 13.2 Å². The average molecular weight is 245 g/mol. The SMILES string of the molecule is CNC(c1ccc(C(F)(F)F)cc1)C(C)(C)C. The second-order valence-corrected chi connectivity index (χ2v) is 5.21. The molecule has 1 atom stereocenters. The van der Waals surface area contributed by atoms with Gasteiger partial charge in [-0.15, -0.1) is 0 Å². The summed E-state index contributed by atoms with van der Waals surface area (Å²) in [6.07, 6.45) is -4.27. The highest BCUT2D eigenvalue weighted by molar-refractivity contribution is 5.27. The summed E-state index contributed by atoms with van der Waals surface area (Å²) in [6.45, 7) is 6.14. The summed E-state index contributed by atoms with van der Waals surface area (Å²) in [5, 5.41) is 3.14. The highest BCUT2D eigenvalue weighted by Gasteiger charge is 2.31. The lowest BCUT2D eigenvalue weighted by atomic mass is 9.82. The van der Waals surface area contributed by atoms with E-state index in [1.54, 1.807) is 0 Å². The van der Waals surface area contributed by atoms with Crippen molar-refractivity contribution in [3.8, 4) is 0 Å². The van der Waals surface area contributed by atoms with Crippen molar-refractivity contribution in [1.82, 2.24) is 5.32 Å². The van der Waals surface area contributed by atoms with Gasteiger partial charge < -0.3 is 5.32 Å². The monoisotopic (exact) mass is 245 g/mol. The number of halogens is 3. The molecule has 0 fully saturated rings. The van der Waals surface area contributed by atoms with Crippen LogP contribution in [0.25, 0.3) is 0 Å². The molecule has 0 aliphatic rings. The maximum atomic E-state index is 12.4. The normalized spacial score (nSPS) is 14.8. The van der Waals surface area contributed by atoms with E-state index in [-0.39, 0.29) is 11.5 Å². The molecule has 1 rings (SSSR count). The van der Waals surface area contributed by atoms with Crippen LogP contribution in [0.3, 0.4) is 0 Å². The summed E-state index contributed by atoms with van der Waals surface area (Å²) in [6, 6.07) is 5.37. The van der Waals surface area contributed by atoms with Crippen molar-refractivity contribution in [1.29, 1.82) is 0 Å². The van der Waals surface area contributed by atoms with Gasteiger partial charge in [0.05, 0.1) is 5.56 Å². The zero-order valence-electron chi connectivity index (χ0n) is 10.5. The highest BCUT2D eigenvalue weighted by Crippen LogP contribution is 2.34. The lowest BCUT2D eigenvalue weighted by molar-refractivity contribution is -0.137. The van der Waals surface area contributed by atoms with Gasteiger partial charge in [0.2, 0.25) is 0 Å². The summed E-state index contributed by atoms with van der Waals surface area (Å²) >= 11 is 0. The van der Waals surface area contributed by atoms with Crippen LogP contribution in [-0.4, -0.2) is 7.05 Å². The van der Waals surface area contributed by atoms with Crippen molar-refractivity contribution in [2.24, 2.45) is 5.41 Å². The fourth-order valence-corrected chi connectivity index (χ4v) is 1.96. The van der Waals surface area contributed by atoms with Crippen LogP contribution in [0.2, 0.25) is 0 Å². The molecule has 1 N–H and O–H groups in total. The maximum absolute atomic E-state index is 12.4. The molecule has 0 bridgehead atoms. The molecule has 1 aromatic carbocycles. The van der Waals surface area contributed by atoms with Gasteiger partial charge in [0.1, 0.15) is 0 Å². The van der Waals surface area contributed by atoms with E-state index in [2.05, 4.69) is 5.32 Å². The fourth-order valence-electron chi connectivity index (χ4n) is 1.96. The average Bonchev–Trinajstić information content (AvgIpc) is 2.16. The van der Waals surface area contributed by atoms with E-state index >= 15 is 0 Å². The molecule has 96 valence electrons.